The van der Waals surface area contributed by atoms with E-state index in [9.17, 15) is 0 Å². The second-order valence-corrected chi connectivity index (χ2v) is 6.43. The summed E-state index contributed by atoms with van der Waals surface area (Å²) >= 11 is 12.6. The van der Waals surface area contributed by atoms with Crippen molar-refractivity contribution in [2.75, 3.05) is 0 Å². The van der Waals surface area contributed by atoms with Crippen LogP contribution in [0.5, 0.6) is 0 Å². The van der Waals surface area contributed by atoms with Crippen molar-refractivity contribution in [2.24, 2.45) is 0 Å². The molecule has 1 aromatic heterocycles. The average molecular weight is 398 g/mol. The standard InChI is InChI=1S/C14H10Br2N2S/c1-8-3-2-4-12(13(8)16)18-11-6-5-9(15)7-10(11)17-14(18)19/h2-7H,1H3,(H,17,19). The van der Waals surface area contributed by atoms with E-state index < -0.39 is 0 Å². The first kappa shape index (κ1) is 13.1. The monoisotopic (exact) mass is 396 g/mol. The van der Waals surface area contributed by atoms with E-state index >= 15 is 0 Å². The highest BCUT2D eigenvalue weighted by Gasteiger charge is 2.10. The third-order valence-corrected chi connectivity index (χ3v) is 4.87. The van der Waals surface area contributed by atoms with Crippen molar-refractivity contribution in [3.8, 4) is 5.69 Å². The molecule has 2 aromatic carbocycles. The molecule has 96 valence electrons. The van der Waals surface area contributed by atoms with Gasteiger partial charge in [-0.1, -0.05) is 28.1 Å². The summed E-state index contributed by atoms with van der Waals surface area (Å²) < 4.78 is 4.84. The number of fused-ring (bicyclic) bond motifs is 1. The van der Waals surface area contributed by atoms with Crippen molar-refractivity contribution < 1.29 is 0 Å². The van der Waals surface area contributed by atoms with Crippen molar-refractivity contribution in [2.45, 2.75) is 6.92 Å². The smallest absolute Gasteiger partial charge is 0.182 e. The Morgan fingerprint density at radius 3 is 2.74 bits per heavy atom. The van der Waals surface area contributed by atoms with Gasteiger partial charge in [-0.05, 0) is 64.9 Å². The molecule has 0 bridgehead atoms. The number of aromatic amines is 1. The van der Waals surface area contributed by atoms with Crippen LogP contribution in [-0.4, -0.2) is 9.55 Å². The predicted molar refractivity (Wildman–Crippen MR) is 88.6 cm³/mol. The number of aryl methyl sites for hydroxylation is 1. The van der Waals surface area contributed by atoms with Gasteiger partial charge in [-0.3, -0.25) is 4.57 Å². The van der Waals surface area contributed by atoms with E-state index in [0.717, 1.165) is 25.7 Å². The molecule has 1 heterocycles. The Kier molecular flexibility index (Phi) is 3.37. The summed E-state index contributed by atoms with van der Waals surface area (Å²) in [6.45, 7) is 2.07. The van der Waals surface area contributed by atoms with Gasteiger partial charge in [-0.15, -0.1) is 0 Å². The Hall–Kier alpha value is -0.910. The molecule has 0 aliphatic rings. The van der Waals surface area contributed by atoms with E-state index in [0.29, 0.717) is 4.77 Å². The highest BCUT2D eigenvalue weighted by atomic mass is 79.9. The first-order valence-corrected chi connectivity index (χ1v) is 7.73. The Morgan fingerprint density at radius 1 is 1.16 bits per heavy atom. The SMILES string of the molecule is Cc1cccc(-n2c(=S)[nH]c3cc(Br)ccc32)c1Br. The molecular formula is C14H10Br2N2S. The first-order valence-electron chi connectivity index (χ1n) is 5.73. The summed E-state index contributed by atoms with van der Waals surface area (Å²) in [6.07, 6.45) is 0. The van der Waals surface area contributed by atoms with E-state index in [1.165, 1.54) is 5.56 Å². The van der Waals surface area contributed by atoms with Crippen molar-refractivity contribution in [1.82, 2.24) is 9.55 Å². The number of hydrogen-bond donors (Lipinski definition) is 1. The maximum absolute atomic E-state index is 5.45. The number of imidazole rings is 1. The van der Waals surface area contributed by atoms with Crippen molar-refractivity contribution >= 4 is 55.1 Å². The lowest BCUT2D eigenvalue weighted by Gasteiger charge is -2.09. The van der Waals surface area contributed by atoms with Crippen LogP contribution in [0.2, 0.25) is 0 Å². The fourth-order valence-electron chi connectivity index (χ4n) is 2.13. The number of benzene rings is 2. The molecule has 3 aromatic rings. The minimum Gasteiger partial charge on any atom is -0.330 e. The summed E-state index contributed by atoms with van der Waals surface area (Å²) in [7, 11) is 0. The largest absolute Gasteiger partial charge is 0.330 e. The second kappa shape index (κ2) is 4.89. The van der Waals surface area contributed by atoms with Gasteiger partial charge in [0.15, 0.2) is 4.77 Å². The zero-order valence-corrected chi connectivity index (χ0v) is 14.1. The van der Waals surface area contributed by atoms with E-state index in [2.05, 4.69) is 62.0 Å². The van der Waals surface area contributed by atoms with E-state index in [-0.39, 0.29) is 0 Å². The molecular weight excluding hydrogens is 388 g/mol. The Morgan fingerprint density at radius 2 is 1.95 bits per heavy atom. The van der Waals surface area contributed by atoms with Gasteiger partial charge in [-0.2, -0.15) is 0 Å². The Bertz CT molecular complexity index is 833. The fraction of sp³-hybridized carbons (Fsp3) is 0.0714. The molecule has 0 aliphatic heterocycles. The molecule has 1 N–H and O–H groups in total. The third kappa shape index (κ3) is 2.20. The molecule has 0 aliphatic carbocycles. The molecule has 5 heteroatoms. The van der Waals surface area contributed by atoms with Crippen LogP contribution in [-0.2, 0) is 0 Å². The lowest BCUT2D eigenvalue weighted by molar-refractivity contribution is 1.05. The highest BCUT2D eigenvalue weighted by Crippen LogP contribution is 2.29. The van der Waals surface area contributed by atoms with Gasteiger partial charge in [0.05, 0.1) is 16.7 Å². The molecule has 0 unspecified atom stereocenters. The van der Waals surface area contributed by atoms with Crippen LogP contribution in [0.1, 0.15) is 5.56 Å². The number of nitrogens with one attached hydrogen (secondary N) is 1. The van der Waals surface area contributed by atoms with Crippen LogP contribution in [0.3, 0.4) is 0 Å². The van der Waals surface area contributed by atoms with E-state index in [1.807, 2.05) is 22.8 Å². The van der Waals surface area contributed by atoms with Crippen molar-refractivity contribution in [3.05, 3.63) is 55.7 Å². The summed E-state index contributed by atoms with van der Waals surface area (Å²) in [6, 6.07) is 12.3. The topological polar surface area (TPSA) is 20.7 Å². The lowest BCUT2D eigenvalue weighted by Crippen LogP contribution is -1.96. The van der Waals surface area contributed by atoms with Crippen LogP contribution in [0.4, 0.5) is 0 Å². The first-order chi connectivity index (χ1) is 9.08. The van der Waals surface area contributed by atoms with Crippen LogP contribution in [0.15, 0.2) is 45.3 Å². The Balaban J connectivity index is 2.40. The molecule has 2 nitrogen and oxygen atoms in total. The average Bonchev–Trinajstić information content (AvgIpc) is 2.68. The number of H-pyrrole nitrogens is 1. The normalized spacial score (nSPS) is 11.1. The molecule has 19 heavy (non-hydrogen) atoms. The zero-order chi connectivity index (χ0) is 13.6. The number of hydrogen-bond acceptors (Lipinski definition) is 1. The highest BCUT2D eigenvalue weighted by molar-refractivity contribution is 9.10. The zero-order valence-electron chi connectivity index (χ0n) is 10.1. The second-order valence-electron chi connectivity index (χ2n) is 4.34. The van der Waals surface area contributed by atoms with E-state index in [4.69, 9.17) is 12.2 Å². The van der Waals surface area contributed by atoms with Gasteiger partial charge < -0.3 is 4.98 Å². The molecule has 3 rings (SSSR count). The molecule has 0 spiro atoms. The van der Waals surface area contributed by atoms with Gasteiger partial charge >= 0.3 is 0 Å². The van der Waals surface area contributed by atoms with Gasteiger partial charge in [0, 0.05) is 8.95 Å². The van der Waals surface area contributed by atoms with Crippen molar-refractivity contribution in [3.63, 3.8) is 0 Å². The fourth-order valence-corrected chi connectivity index (χ4v) is 3.24. The summed E-state index contributed by atoms with van der Waals surface area (Å²) in [5.74, 6) is 0. The minimum atomic E-state index is 0.694. The van der Waals surface area contributed by atoms with Gasteiger partial charge in [-0.25, -0.2) is 0 Å². The van der Waals surface area contributed by atoms with Crippen molar-refractivity contribution in [1.29, 1.82) is 0 Å². The quantitative estimate of drug-likeness (QED) is 0.536. The van der Waals surface area contributed by atoms with Gasteiger partial charge in [0.1, 0.15) is 0 Å². The van der Waals surface area contributed by atoms with Gasteiger partial charge in [0.25, 0.3) is 0 Å². The minimum absolute atomic E-state index is 0.694. The molecule has 0 saturated carbocycles. The summed E-state index contributed by atoms with van der Waals surface area (Å²) in [5.41, 5.74) is 4.33. The molecule has 0 saturated heterocycles. The predicted octanol–water partition coefficient (Wildman–Crippen LogP) is 5.52. The molecule has 0 atom stereocenters. The van der Waals surface area contributed by atoms with Crippen LogP contribution in [0, 0.1) is 11.7 Å². The number of aromatic nitrogens is 2. The molecule has 0 fully saturated rings. The van der Waals surface area contributed by atoms with E-state index in [1.54, 1.807) is 0 Å². The Labute approximate surface area is 132 Å². The van der Waals surface area contributed by atoms with Crippen LogP contribution in [0.25, 0.3) is 16.7 Å². The third-order valence-electron chi connectivity index (χ3n) is 3.06. The maximum atomic E-state index is 5.45. The molecule has 0 radical (unpaired) electrons. The van der Waals surface area contributed by atoms with Crippen LogP contribution >= 0.6 is 44.1 Å². The number of nitrogens with zero attached hydrogens (tertiary/aromatic N) is 1. The number of halogens is 2. The lowest BCUT2D eigenvalue weighted by atomic mass is 10.2. The molecule has 0 amide bonds. The summed E-state index contributed by atoms with van der Waals surface area (Å²) in [5, 5.41) is 0. The summed E-state index contributed by atoms with van der Waals surface area (Å²) in [4.78, 5) is 3.24. The number of rotatable bonds is 1. The van der Waals surface area contributed by atoms with Gasteiger partial charge in [0.2, 0.25) is 0 Å². The maximum Gasteiger partial charge on any atom is 0.182 e. The van der Waals surface area contributed by atoms with Crippen LogP contribution < -0.4 is 0 Å².